The highest BCUT2D eigenvalue weighted by Gasteiger charge is 2.18. The van der Waals surface area contributed by atoms with E-state index in [0.717, 1.165) is 0 Å². The number of nitrogens with zero attached hydrogens (tertiary/aromatic N) is 1. The first-order valence-corrected chi connectivity index (χ1v) is 8.08. The number of hydrogen-bond donors (Lipinski definition) is 1. The number of aldehydes is 1. The molecule has 6 nitrogen and oxygen atoms in total. The minimum absolute atomic E-state index is 0.00660. The van der Waals surface area contributed by atoms with Crippen molar-refractivity contribution in [3.05, 3.63) is 52.6 Å². The summed E-state index contributed by atoms with van der Waals surface area (Å²) in [6.45, 7) is 4.99. The Morgan fingerprint density at radius 1 is 1.38 bits per heavy atom. The highest BCUT2D eigenvalue weighted by molar-refractivity contribution is 6.31. The van der Waals surface area contributed by atoms with Gasteiger partial charge < -0.3 is 9.47 Å². The molecule has 1 amide bonds. The lowest BCUT2D eigenvalue weighted by Crippen LogP contribution is -2.27. The summed E-state index contributed by atoms with van der Waals surface area (Å²) in [4.78, 5) is 26.9. The number of aromatic nitrogens is 1. The van der Waals surface area contributed by atoms with Gasteiger partial charge >= 0.3 is 6.09 Å². The van der Waals surface area contributed by atoms with Crippen molar-refractivity contribution in [3.63, 3.8) is 0 Å². The van der Waals surface area contributed by atoms with Gasteiger partial charge in [-0.3, -0.25) is 10.1 Å². The molecule has 1 aromatic heterocycles. The van der Waals surface area contributed by atoms with E-state index in [1.807, 2.05) is 0 Å². The molecule has 1 aromatic carbocycles. The Bertz CT molecular complexity index is 801. The molecule has 0 atom stereocenters. The fourth-order valence-corrected chi connectivity index (χ4v) is 2.19. The standard InChI is InChI=1S/C18H18ClFN2O4/c1-18(2,3)26-17(24)22-15-7-11(8-21-16(15)9-23)25-10-12-13(19)5-4-6-14(12)20/h4-9H,10H2,1-3H3,(H,22,24). The average Bonchev–Trinajstić information content (AvgIpc) is 2.53. The van der Waals surface area contributed by atoms with Gasteiger partial charge in [-0.1, -0.05) is 17.7 Å². The van der Waals surface area contributed by atoms with Gasteiger partial charge in [0.25, 0.3) is 0 Å². The monoisotopic (exact) mass is 380 g/mol. The number of rotatable bonds is 5. The maximum atomic E-state index is 13.8. The number of anilines is 1. The Morgan fingerprint density at radius 2 is 2.12 bits per heavy atom. The fraction of sp³-hybridized carbons (Fsp3) is 0.278. The van der Waals surface area contributed by atoms with E-state index in [-0.39, 0.29) is 34.3 Å². The third-order valence-corrected chi connectivity index (χ3v) is 3.44. The molecule has 8 heteroatoms. The van der Waals surface area contributed by atoms with Gasteiger partial charge in [0.2, 0.25) is 0 Å². The number of halogens is 2. The summed E-state index contributed by atoms with van der Waals surface area (Å²) in [7, 11) is 0. The molecule has 0 spiro atoms. The first-order valence-electron chi connectivity index (χ1n) is 7.70. The van der Waals surface area contributed by atoms with Gasteiger partial charge in [-0.05, 0) is 32.9 Å². The first-order chi connectivity index (χ1) is 12.2. The second kappa shape index (κ2) is 8.14. The average molecular weight is 381 g/mol. The Labute approximate surface area is 155 Å². The summed E-state index contributed by atoms with van der Waals surface area (Å²) in [6, 6.07) is 5.71. The van der Waals surface area contributed by atoms with Crippen molar-refractivity contribution in [1.82, 2.24) is 4.98 Å². The van der Waals surface area contributed by atoms with Crippen LogP contribution in [-0.2, 0) is 11.3 Å². The zero-order valence-electron chi connectivity index (χ0n) is 14.5. The number of hydrogen-bond acceptors (Lipinski definition) is 5. The zero-order valence-corrected chi connectivity index (χ0v) is 15.3. The second-order valence-corrected chi connectivity index (χ2v) is 6.74. The van der Waals surface area contributed by atoms with Crippen LogP contribution in [0.4, 0.5) is 14.9 Å². The number of carbonyl (C=O) groups is 2. The summed E-state index contributed by atoms with van der Waals surface area (Å²) in [5.74, 6) is -0.275. The molecule has 0 aliphatic heterocycles. The smallest absolute Gasteiger partial charge is 0.412 e. The van der Waals surface area contributed by atoms with Crippen molar-refractivity contribution < 1.29 is 23.5 Å². The summed E-state index contributed by atoms with van der Waals surface area (Å²) in [5, 5.41) is 2.68. The second-order valence-electron chi connectivity index (χ2n) is 6.34. The molecule has 1 N–H and O–H groups in total. The molecule has 2 aromatic rings. The van der Waals surface area contributed by atoms with Gasteiger partial charge in [-0.15, -0.1) is 0 Å². The van der Waals surface area contributed by atoms with Gasteiger partial charge in [-0.2, -0.15) is 0 Å². The van der Waals surface area contributed by atoms with E-state index in [1.54, 1.807) is 26.8 Å². The van der Waals surface area contributed by atoms with Gasteiger partial charge in [-0.25, -0.2) is 14.2 Å². The lowest BCUT2D eigenvalue weighted by atomic mass is 10.2. The molecule has 0 fully saturated rings. The Hall–Kier alpha value is -2.67. The number of pyridine rings is 1. The molecular formula is C18H18ClFN2O4. The van der Waals surface area contributed by atoms with Crippen LogP contribution in [0.5, 0.6) is 5.75 Å². The number of nitrogens with one attached hydrogen (secondary N) is 1. The van der Waals surface area contributed by atoms with Crippen LogP contribution in [0.2, 0.25) is 5.02 Å². The predicted molar refractivity (Wildman–Crippen MR) is 95.2 cm³/mol. The van der Waals surface area contributed by atoms with E-state index in [2.05, 4.69) is 10.3 Å². The quantitative estimate of drug-likeness (QED) is 0.766. The minimum atomic E-state index is -0.739. The molecule has 0 aliphatic carbocycles. The normalized spacial score (nSPS) is 11.0. The van der Waals surface area contributed by atoms with Crippen LogP contribution >= 0.6 is 11.6 Å². The van der Waals surface area contributed by atoms with Crippen LogP contribution in [-0.4, -0.2) is 23.0 Å². The van der Waals surface area contributed by atoms with Gasteiger partial charge in [0.05, 0.1) is 16.9 Å². The Morgan fingerprint density at radius 3 is 2.73 bits per heavy atom. The largest absolute Gasteiger partial charge is 0.487 e. The third kappa shape index (κ3) is 5.42. The van der Waals surface area contributed by atoms with Crippen LogP contribution in [0.25, 0.3) is 0 Å². The summed E-state index contributed by atoms with van der Waals surface area (Å²) in [5.41, 5.74) is -0.386. The maximum absolute atomic E-state index is 13.8. The van der Waals surface area contributed by atoms with Crippen LogP contribution in [0.1, 0.15) is 36.8 Å². The maximum Gasteiger partial charge on any atom is 0.412 e. The molecule has 1 heterocycles. The summed E-state index contributed by atoms with van der Waals surface area (Å²) in [6.07, 6.45) is 1.04. The summed E-state index contributed by atoms with van der Waals surface area (Å²) < 4.78 is 24.4. The zero-order chi connectivity index (χ0) is 19.3. The van der Waals surface area contributed by atoms with Crippen LogP contribution in [0, 0.1) is 5.82 Å². The minimum Gasteiger partial charge on any atom is -0.487 e. The van der Waals surface area contributed by atoms with Crippen molar-refractivity contribution >= 4 is 29.7 Å². The number of ether oxygens (including phenoxy) is 2. The number of carbonyl (C=O) groups excluding carboxylic acids is 2. The molecule has 138 valence electrons. The molecule has 0 aliphatic rings. The van der Waals surface area contributed by atoms with Gasteiger partial charge in [0, 0.05) is 11.6 Å². The molecule has 0 unspecified atom stereocenters. The van der Waals surface area contributed by atoms with Crippen molar-refractivity contribution in [3.8, 4) is 5.75 Å². The lowest BCUT2D eigenvalue weighted by molar-refractivity contribution is 0.0636. The first kappa shape index (κ1) is 19.7. The predicted octanol–water partition coefficient (Wildman–Crippen LogP) is 4.61. The highest BCUT2D eigenvalue weighted by Crippen LogP contribution is 2.24. The molecule has 0 bridgehead atoms. The fourth-order valence-electron chi connectivity index (χ4n) is 1.97. The molecule has 0 radical (unpaired) electrons. The van der Waals surface area contributed by atoms with E-state index in [4.69, 9.17) is 21.1 Å². The van der Waals surface area contributed by atoms with E-state index in [9.17, 15) is 14.0 Å². The number of amides is 1. The van der Waals surface area contributed by atoms with Gasteiger partial charge in [0.1, 0.15) is 29.5 Å². The SMILES string of the molecule is CC(C)(C)OC(=O)Nc1cc(OCc2c(F)cccc2Cl)cnc1C=O. The number of benzene rings is 1. The molecule has 0 saturated heterocycles. The van der Waals surface area contributed by atoms with Crippen LogP contribution in [0.15, 0.2) is 30.5 Å². The molecule has 2 rings (SSSR count). The van der Waals surface area contributed by atoms with Gasteiger partial charge in [0.15, 0.2) is 6.29 Å². The third-order valence-electron chi connectivity index (χ3n) is 3.09. The van der Waals surface area contributed by atoms with Crippen molar-refractivity contribution in [2.24, 2.45) is 0 Å². The van der Waals surface area contributed by atoms with Crippen LogP contribution < -0.4 is 10.1 Å². The Balaban J connectivity index is 2.16. The van der Waals surface area contributed by atoms with Crippen LogP contribution in [0.3, 0.4) is 0 Å². The summed E-state index contributed by atoms with van der Waals surface area (Å²) >= 11 is 5.95. The lowest BCUT2D eigenvalue weighted by Gasteiger charge is -2.20. The van der Waals surface area contributed by atoms with E-state index in [0.29, 0.717) is 6.29 Å². The van der Waals surface area contributed by atoms with E-state index in [1.165, 1.54) is 24.4 Å². The van der Waals surface area contributed by atoms with E-state index >= 15 is 0 Å². The topological polar surface area (TPSA) is 77.5 Å². The van der Waals surface area contributed by atoms with Crippen molar-refractivity contribution in [2.75, 3.05) is 5.32 Å². The molecular weight excluding hydrogens is 363 g/mol. The van der Waals surface area contributed by atoms with E-state index < -0.39 is 17.5 Å². The molecule has 0 saturated carbocycles. The van der Waals surface area contributed by atoms with Crippen molar-refractivity contribution in [2.45, 2.75) is 33.0 Å². The highest BCUT2D eigenvalue weighted by atomic mass is 35.5. The van der Waals surface area contributed by atoms with Crippen molar-refractivity contribution in [1.29, 1.82) is 0 Å². The Kier molecular flexibility index (Phi) is 6.15. The molecule has 26 heavy (non-hydrogen) atoms.